The molecule has 0 aliphatic carbocycles. The molecule has 4 heteroatoms. The fourth-order valence-corrected chi connectivity index (χ4v) is 2.62. The van der Waals surface area contributed by atoms with Crippen molar-refractivity contribution in [1.82, 2.24) is 4.90 Å². The molecule has 0 aromatic carbocycles. The monoisotopic (exact) mass is 216 g/mol. The highest BCUT2D eigenvalue weighted by atomic mass is 32.2. The Morgan fingerprint density at radius 1 is 1.57 bits per heavy atom. The molecule has 1 unspecified atom stereocenters. The summed E-state index contributed by atoms with van der Waals surface area (Å²) in [5.74, 6) is 2.04. The molecule has 0 bridgehead atoms. The zero-order valence-corrected chi connectivity index (χ0v) is 9.85. The molecule has 82 valence electrons. The molecule has 2 N–H and O–H groups in total. The van der Waals surface area contributed by atoms with Crippen LogP contribution in [0.1, 0.15) is 6.42 Å². The summed E-state index contributed by atoms with van der Waals surface area (Å²) >= 11 is 1.87. The summed E-state index contributed by atoms with van der Waals surface area (Å²) in [6.45, 7) is 1.72. The van der Waals surface area contributed by atoms with E-state index < -0.39 is 0 Å². The fraction of sp³-hybridized carbons (Fsp3) is 0.800. The van der Waals surface area contributed by atoms with Crippen molar-refractivity contribution in [1.29, 1.82) is 0 Å². The maximum atomic E-state index is 5.71. The molecular weight excluding hydrogens is 196 g/mol. The summed E-state index contributed by atoms with van der Waals surface area (Å²) in [6.07, 6.45) is 4.95. The third-order valence-corrected chi connectivity index (χ3v) is 3.39. The third kappa shape index (κ3) is 3.52. The van der Waals surface area contributed by atoms with Crippen LogP contribution in [0.3, 0.4) is 0 Å². The van der Waals surface area contributed by atoms with E-state index in [1.165, 1.54) is 0 Å². The van der Waals surface area contributed by atoms with E-state index in [1.54, 1.807) is 0 Å². The van der Waals surface area contributed by atoms with E-state index in [4.69, 9.17) is 10.5 Å². The molecule has 0 aromatic heterocycles. The van der Waals surface area contributed by atoms with Crippen molar-refractivity contribution >= 4 is 11.8 Å². The second-order valence-electron chi connectivity index (χ2n) is 3.96. The van der Waals surface area contributed by atoms with Gasteiger partial charge in [0, 0.05) is 31.0 Å². The van der Waals surface area contributed by atoms with Crippen molar-refractivity contribution in [2.45, 2.75) is 12.0 Å². The molecule has 1 atom stereocenters. The average molecular weight is 216 g/mol. The summed E-state index contributed by atoms with van der Waals surface area (Å²) < 4.78 is 5.71. The van der Waals surface area contributed by atoms with Crippen LogP contribution in [0.5, 0.6) is 0 Å². The van der Waals surface area contributed by atoms with E-state index in [0.29, 0.717) is 0 Å². The molecular formula is C10H20N2OS. The van der Waals surface area contributed by atoms with Gasteiger partial charge in [-0.1, -0.05) is 0 Å². The molecule has 0 fully saturated rings. The first-order chi connectivity index (χ1) is 6.68. The number of nitrogens with zero attached hydrogens (tertiary/aromatic N) is 1. The van der Waals surface area contributed by atoms with Crippen LogP contribution in [0, 0.1) is 0 Å². The third-order valence-electron chi connectivity index (χ3n) is 2.14. The topological polar surface area (TPSA) is 38.5 Å². The van der Waals surface area contributed by atoms with Gasteiger partial charge in [0.2, 0.25) is 0 Å². The molecule has 1 aliphatic rings. The van der Waals surface area contributed by atoms with Gasteiger partial charge < -0.3 is 15.4 Å². The lowest BCUT2D eigenvalue weighted by Crippen LogP contribution is -2.42. The molecule has 0 aromatic rings. The van der Waals surface area contributed by atoms with Crippen LogP contribution in [0.2, 0.25) is 0 Å². The van der Waals surface area contributed by atoms with Crippen LogP contribution >= 0.6 is 11.8 Å². The van der Waals surface area contributed by atoms with Gasteiger partial charge in [-0.2, -0.15) is 11.8 Å². The Kier molecular flexibility index (Phi) is 4.78. The Morgan fingerprint density at radius 3 is 2.86 bits per heavy atom. The van der Waals surface area contributed by atoms with Crippen LogP contribution in [0.25, 0.3) is 0 Å². The summed E-state index contributed by atoms with van der Waals surface area (Å²) in [7, 11) is 4.16. The van der Waals surface area contributed by atoms with Gasteiger partial charge in [-0.3, -0.25) is 0 Å². The minimum atomic E-state index is -0.0106. The molecule has 3 nitrogen and oxygen atoms in total. The minimum Gasteiger partial charge on any atom is -0.493 e. The summed E-state index contributed by atoms with van der Waals surface area (Å²) in [5, 5.41) is 0. The standard InChI is InChI=1S/C10H20N2OS/c1-12(2)8-10(4-3-6-13-10)9-14-7-5-11/h3,6H,4-5,7-9,11H2,1-2H3. The predicted molar refractivity (Wildman–Crippen MR) is 62.5 cm³/mol. The number of hydrogen-bond donors (Lipinski definition) is 1. The number of likely N-dealkylation sites (N-methyl/N-ethyl adjacent to an activating group) is 1. The zero-order valence-electron chi connectivity index (χ0n) is 9.03. The lowest BCUT2D eigenvalue weighted by molar-refractivity contribution is 0.0423. The van der Waals surface area contributed by atoms with E-state index in [1.807, 2.05) is 18.0 Å². The maximum Gasteiger partial charge on any atom is 0.133 e. The van der Waals surface area contributed by atoms with Gasteiger partial charge in [-0.05, 0) is 20.2 Å². The fourth-order valence-electron chi connectivity index (χ4n) is 1.66. The van der Waals surface area contributed by atoms with Crippen molar-refractivity contribution < 1.29 is 4.74 Å². The lowest BCUT2D eigenvalue weighted by atomic mass is 10.0. The largest absolute Gasteiger partial charge is 0.493 e. The highest BCUT2D eigenvalue weighted by Gasteiger charge is 2.33. The van der Waals surface area contributed by atoms with Crippen LogP contribution in [0.15, 0.2) is 12.3 Å². The SMILES string of the molecule is CN(C)CC1(CSCCN)CC=CO1. The van der Waals surface area contributed by atoms with E-state index >= 15 is 0 Å². The van der Waals surface area contributed by atoms with Crippen molar-refractivity contribution in [3.8, 4) is 0 Å². The van der Waals surface area contributed by atoms with Crippen molar-refractivity contribution in [2.24, 2.45) is 5.73 Å². The van der Waals surface area contributed by atoms with Gasteiger partial charge in [0.15, 0.2) is 0 Å². The Labute approximate surface area is 90.7 Å². The summed E-state index contributed by atoms with van der Waals surface area (Å²) in [6, 6.07) is 0. The number of rotatable bonds is 6. The first-order valence-electron chi connectivity index (χ1n) is 4.94. The van der Waals surface area contributed by atoms with Gasteiger partial charge in [-0.25, -0.2) is 0 Å². The predicted octanol–water partition coefficient (Wildman–Crippen LogP) is 0.913. The average Bonchev–Trinajstić information content (AvgIpc) is 2.53. The van der Waals surface area contributed by atoms with Gasteiger partial charge in [0.05, 0.1) is 6.26 Å². The summed E-state index contributed by atoms with van der Waals surface area (Å²) in [5.41, 5.74) is 5.46. The number of nitrogens with two attached hydrogens (primary N) is 1. The quantitative estimate of drug-likeness (QED) is 0.670. The van der Waals surface area contributed by atoms with E-state index in [0.717, 1.165) is 31.0 Å². The van der Waals surface area contributed by atoms with Crippen LogP contribution in [-0.4, -0.2) is 49.2 Å². The van der Waals surface area contributed by atoms with Gasteiger partial charge in [0.1, 0.15) is 5.60 Å². The maximum absolute atomic E-state index is 5.71. The molecule has 1 heterocycles. The van der Waals surface area contributed by atoms with Crippen molar-refractivity contribution in [2.75, 3.05) is 38.7 Å². The Balaban J connectivity index is 2.37. The van der Waals surface area contributed by atoms with Crippen molar-refractivity contribution in [3.63, 3.8) is 0 Å². The molecule has 0 radical (unpaired) electrons. The van der Waals surface area contributed by atoms with Gasteiger partial charge >= 0.3 is 0 Å². The molecule has 1 aliphatic heterocycles. The highest BCUT2D eigenvalue weighted by molar-refractivity contribution is 7.99. The van der Waals surface area contributed by atoms with Crippen molar-refractivity contribution in [3.05, 3.63) is 12.3 Å². The van der Waals surface area contributed by atoms with Crippen LogP contribution in [-0.2, 0) is 4.74 Å². The molecule has 1 rings (SSSR count). The minimum absolute atomic E-state index is 0.0106. The second kappa shape index (κ2) is 5.63. The normalized spacial score (nSPS) is 25.7. The first-order valence-corrected chi connectivity index (χ1v) is 6.09. The number of thioether (sulfide) groups is 1. The van der Waals surface area contributed by atoms with E-state index in [-0.39, 0.29) is 5.60 Å². The number of ether oxygens (including phenoxy) is 1. The highest BCUT2D eigenvalue weighted by Crippen LogP contribution is 2.28. The Bertz CT molecular complexity index is 187. The van der Waals surface area contributed by atoms with E-state index in [9.17, 15) is 0 Å². The number of hydrogen-bond acceptors (Lipinski definition) is 4. The smallest absolute Gasteiger partial charge is 0.133 e. The second-order valence-corrected chi connectivity index (χ2v) is 5.06. The zero-order chi connectivity index (χ0) is 10.4. The summed E-state index contributed by atoms with van der Waals surface area (Å²) in [4.78, 5) is 2.18. The Morgan fingerprint density at radius 2 is 2.36 bits per heavy atom. The van der Waals surface area contributed by atoms with Crippen LogP contribution < -0.4 is 5.73 Å². The van der Waals surface area contributed by atoms with E-state index in [2.05, 4.69) is 25.1 Å². The van der Waals surface area contributed by atoms with Crippen LogP contribution in [0.4, 0.5) is 0 Å². The molecule has 0 saturated heterocycles. The molecule has 0 amide bonds. The molecule has 0 spiro atoms. The first kappa shape index (κ1) is 11.9. The molecule has 14 heavy (non-hydrogen) atoms. The van der Waals surface area contributed by atoms with Gasteiger partial charge in [-0.15, -0.1) is 0 Å². The molecule has 0 saturated carbocycles. The van der Waals surface area contributed by atoms with Gasteiger partial charge in [0.25, 0.3) is 0 Å². The lowest BCUT2D eigenvalue weighted by Gasteiger charge is -2.31. The Hall–Kier alpha value is -0.190.